The van der Waals surface area contributed by atoms with E-state index in [0.717, 1.165) is 11.1 Å². The van der Waals surface area contributed by atoms with Crippen molar-refractivity contribution in [2.24, 2.45) is 0 Å². The van der Waals surface area contributed by atoms with Gasteiger partial charge in [0.25, 0.3) is 0 Å². The molecule has 0 heterocycles. The minimum atomic E-state index is -0.363. The fourth-order valence-corrected chi connectivity index (χ4v) is 2.48. The first-order valence-electron chi connectivity index (χ1n) is 8.69. The van der Waals surface area contributed by atoms with Gasteiger partial charge in [0.05, 0.1) is 14.2 Å². The lowest BCUT2D eigenvalue weighted by atomic mass is 10.2. The van der Waals surface area contributed by atoms with Crippen LogP contribution in [0.3, 0.4) is 0 Å². The summed E-state index contributed by atoms with van der Waals surface area (Å²) in [6.07, 6.45) is 0.674. The van der Waals surface area contributed by atoms with E-state index in [4.69, 9.17) is 18.9 Å². The van der Waals surface area contributed by atoms with Gasteiger partial charge in [0.1, 0.15) is 24.7 Å². The normalized spacial score (nSPS) is 10.1. The van der Waals surface area contributed by atoms with Crippen LogP contribution in [0, 0.1) is 0 Å². The molecule has 0 saturated heterocycles. The van der Waals surface area contributed by atoms with E-state index < -0.39 is 0 Å². The predicted molar refractivity (Wildman–Crippen MR) is 99.4 cm³/mol. The maximum absolute atomic E-state index is 11.8. The predicted octanol–water partition coefficient (Wildman–Crippen LogP) is 3.66. The van der Waals surface area contributed by atoms with Crippen LogP contribution >= 0.6 is 0 Å². The van der Waals surface area contributed by atoms with Gasteiger partial charge >= 0.3 is 11.9 Å². The van der Waals surface area contributed by atoms with Gasteiger partial charge in [-0.25, -0.2) is 0 Å². The monoisotopic (exact) mass is 372 g/mol. The summed E-state index contributed by atoms with van der Waals surface area (Å²) in [5.74, 6) is 0.618. The summed E-state index contributed by atoms with van der Waals surface area (Å²) in [7, 11) is 3.13. The molecule has 27 heavy (non-hydrogen) atoms. The molecule has 0 radical (unpaired) electrons. The van der Waals surface area contributed by atoms with Crippen molar-refractivity contribution < 1.29 is 28.5 Å². The number of rotatable bonds is 10. The summed E-state index contributed by atoms with van der Waals surface area (Å²) in [5.41, 5.74) is 1.59. The Kier molecular flexibility index (Phi) is 8.16. The van der Waals surface area contributed by atoms with Crippen molar-refractivity contribution in [2.45, 2.75) is 32.5 Å². The van der Waals surface area contributed by atoms with Crippen molar-refractivity contribution in [2.75, 3.05) is 14.2 Å². The number of hydrogen-bond acceptors (Lipinski definition) is 6. The average Bonchev–Trinajstić information content (AvgIpc) is 2.71. The van der Waals surface area contributed by atoms with E-state index in [2.05, 4.69) is 0 Å². The molecule has 6 heteroatoms. The molecule has 0 aliphatic rings. The van der Waals surface area contributed by atoms with E-state index in [1.807, 2.05) is 36.4 Å². The lowest BCUT2D eigenvalue weighted by molar-refractivity contribution is -0.146. The fourth-order valence-electron chi connectivity index (χ4n) is 2.48. The first kappa shape index (κ1) is 20.3. The molecule has 0 atom stereocenters. The highest BCUT2D eigenvalue weighted by atomic mass is 16.5. The highest BCUT2D eigenvalue weighted by molar-refractivity contribution is 5.72. The molecule has 0 aliphatic heterocycles. The van der Waals surface area contributed by atoms with Crippen molar-refractivity contribution in [3.63, 3.8) is 0 Å². The van der Waals surface area contributed by atoms with E-state index in [1.54, 1.807) is 26.4 Å². The van der Waals surface area contributed by atoms with Crippen LogP contribution in [-0.2, 0) is 32.3 Å². The lowest BCUT2D eigenvalue weighted by Crippen LogP contribution is -2.09. The maximum Gasteiger partial charge on any atom is 0.306 e. The summed E-state index contributed by atoms with van der Waals surface area (Å²) in [6, 6.07) is 14.7. The molecule has 0 aromatic heterocycles. The van der Waals surface area contributed by atoms with Gasteiger partial charge in [-0.05, 0) is 18.6 Å². The van der Waals surface area contributed by atoms with Crippen molar-refractivity contribution in [1.29, 1.82) is 0 Å². The van der Waals surface area contributed by atoms with Crippen LogP contribution < -0.4 is 9.47 Å². The number of methoxy groups -OCH3 is 2. The molecular weight excluding hydrogens is 348 g/mol. The Hall–Kier alpha value is -3.02. The van der Waals surface area contributed by atoms with Crippen LogP contribution in [0.1, 0.15) is 30.4 Å². The molecule has 0 amide bonds. The number of hydrogen-bond donors (Lipinski definition) is 0. The number of para-hydroxylation sites is 2. The Balaban J connectivity index is 1.66. The van der Waals surface area contributed by atoms with Crippen molar-refractivity contribution in [3.05, 3.63) is 59.7 Å². The van der Waals surface area contributed by atoms with Crippen molar-refractivity contribution in [1.82, 2.24) is 0 Å². The molecule has 6 nitrogen and oxygen atoms in total. The van der Waals surface area contributed by atoms with E-state index >= 15 is 0 Å². The number of ether oxygens (including phenoxy) is 4. The molecule has 144 valence electrons. The second kappa shape index (κ2) is 10.9. The lowest BCUT2D eigenvalue weighted by Gasteiger charge is -2.10. The van der Waals surface area contributed by atoms with Crippen LogP contribution in [0.4, 0.5) is 0 Å². The number of carbonyl (C=O) groups is 2. The van der Waals surface area contributed by atoms with E-state index in [-0.39, 0.29) is 38.0 Å². The van der Waals surface area contributed by atoms with E-state index in [9.17, 15) is 9.59 Å². The summed E-state index contributed by atoms with van der Waals surface area (Å²) in [5, 5.41) is 0. The van der Waals surface area contributed by atoms with E-state index in [1.165, 1.54) is 0 Å². The van der Waals surface area contributed by atoms with Crippen LogP contribution in [-0.4, -0.2) is 26.2 Å². The number of benzene rings is 2. The first-order valence-corrected chi connectivity index (χ1v) is 8.69. The number of esters is 2. The summed E-state index contributed by atoms with van der Waals surface area (Å²) in [6.45, 7) is 0.280. The van der Waals surface area contributed by atoms with Crippen molar-refractivity contribution >= 4 is 11.9 Å². The van der Waals surface area contributed by atoms with Gasteiger partial charge in [-0.15, -0.1) is 0 Å². The van der Waals surface area contributed by atoms with Gasteiger partial charge in [0.2, 0.25) is 0 Å². The Morgan fingerprint density at radius 2 is 1.11 bits per heavy atom. The maximum atomic E-state index is 11.8. The Labute approximate surface area is 159 Å². The molecule has 2 rings (SSSR count). The van der Waals surface area contributed by atoms with Gasteiger partial charge in [-0.2, -0.15) is 0 Å². The standard InChI is InChI=1S/C21H24O6/c1-24-18-10-5-3-8-16(18)14-26-20(22)12-7-13-21(23)27-15-17-9-4-6-11-19(17)25-2/h3-6,8-11H,7,12-15H2,1-2H3. The van der Waals surface area contributed by atoms with Crippen LogP contribution in [0.2, 0.25) is 0 Å². The highest BCUT2D eigenvalue weighted by Gasteiger charge is 2.10. The molecule has 0 unspecified atom stereocenters. The van der Waals surface area contributed by atoms with Gasteiger partial charge in [-0.1, -0.05) is 36.4 Å². The molecular formula is C21H24O6. The molecule has 0 spiro atoms. The summed E-state index contributed by atoms with van der Waals surface area (Å²) < 4.78 is 20.9. The minimum Gasteiger partial charge on any atom is -0.496 e. The smallest absolute Gasteiger partial charge is 0.306 e. The molecule has 2 aromatic rings. The quantitative estimate of drug-likeness (QED) is 0.593. The van der Waals surface area contributed by atoms with Crippen LogP contribution in [0.15, 0.2) is 48.5 Å². The second-order valence-corrected chi connectivity index (χ2v) is 5.80. The zero-order chi connectivity index (χ0) is 19.5. The molecule has 2 aromatic carbocycles. The minimum absolute atomic E-state index is 0.140. The highest BCUT2D eigenvalue weighted by Crippen LogP contribution is 2.19. The fraction of sp³-hybridized carbons (Fsp3) is 0.333. The molecule has 0 bridgehead atoms. The first-order chi connectivity index (χ1) is 13.1. The molecule has 0 fully saturated rings. The largest absolute Gasteiger partial charge is 0.496 e. The second-order valence-electron chi connectivity index (χ2n) is 5.80. The van der Waals surface area contributed by atoms with Crippen LogP contribution in [0.25, 0.3) is 0 Å². The summed E-state index contributed by atoms with van der Waals surface area (Å²) in [4.78, 5) is 23.7. The zero-order valence-electron chi connectivity index (χ0n) is 15.6. The SMILES string of the molecule is COc1ccccc1COC(=O)CCCC(=O)OCc1ccccc1OC. The van der Waals surface area contributed by atoms with E-state index in [0.29, 0.717) is 17.9 Å². The van der Waals surface area contributed by atoms with Gasteiger partial charge in [0.15, 0.2) is 0 Å². The van der Waals surface area contributed by atoms with Crippen LogP contribution in [0.5, 0.6) is 11.5 Å². The van der Waals surface area contributed by atoms with Gasteiger partial charge < -0.3 is 18.9 Å². The third-order valence-corrected chi connectivity index (χ3v) is 3.92. The molecule has 0 aliphatic carbocycles. The van der Waals surface area contributed by atoms with Gasteiger partial charge in [0, 0.05) is 24.0 Å². The van der Waals surface area contributed by atoms with Crippen molar-refractivity contribution in [3.8, 4) is 11.5 Å². The third kappa shape index (κ3) is 6.66. The van der Waals surface area contributed by atoms with Gasteiger partial charge in [-0.3, -0.25) is 9.59 Å². The molecule has 0 N–H and O–H groups in total. The average molecular weight is 372 g/mol. The third-order valence-electron chi connectivity index (χ3n) is 3.92. The zero-order valence-corrected chi connectivity index (χ0v) is 15.6. The number of carbonyl (C=O) groups excluding carboxylic acids is 2. The Bertz CT molecular complexity index is 692. The summed E-state index contributed by atoms with van der Waals surface area (Å²) >= 11 is 0. The Morgan fingerprint density at radius 3 is 1.52 bits per heavy atom. The Morgan fingerprint density at radius 1 is 0.704 bits per heavy atom. The topological polar surface area (TPSA) is 71.1 Å². The molecule has 0 saturated carbocycles.